The van der Waals surface area contributed by atoms with Crippen molar-refractivity contribution in [3.8, 4) is 5.75 Å². The first-order valence-corrected chi connectivity index (χ1v) is 9.67. The molecule has 0 bridgehead atoms. The third kappa shape index (κ3) is 6.78. The van der Waals surface area contributed by atoms with Crippen LogP contribution in [0.3, 0.4) is 0 Å². The first-order valence-electron chi connectivity index (χ1n) is 8.68. The zero-order valence-corrected chi connectivity index (χ0v) is 14.9. The molecule has 21 heavy (non-hydrogen) atoms. The Labute approximate surface area is 135 Å². The van der Waals surface area contributed by atoms with Crippen molar-refractivity contribution < 1.29 is 5.11 Å². The normalized spacial score (nSPS) is 11.0. The van der Waals surface area contributed by atoms with Gasteiger partial charge in [0.25, 0.3) is 0 Å². The van der Waals surface area contributed by atoms with Crippen LogP contribution >= 0.6 is 11.8 Å². The maximum atomic E-state index is 12.1. The maximum Gasteiger partial charge on any atom is 0.185 e. The minimum atomic E-state index is 0.264. The molecule has 0 heterocycles. The highest BCUT2D eigenvalue weighted by atomic mass is 32.2. The number of hydrogen-bond acceptors (Lipinski definition) is 1. The van der Waals surface area contributed by atoms with Gasteiger partial charge in [-0.05, 0) is 37.1 Å². The van der Waals surface area contributed by atoms with Crippen molar-refractivity contribution in [2.24, 2.45) is 0 Å². The van der Waals surface area contributed by atoms with Crippen molar-refractivity contribution in [3.05, 3.63) is 23.3 Å². The van der Waals surface area contributed by atoms with Crippen molar-refractivity contribution in [2.45, 2.75) is 83.5 Å². The summed E-state index contributed by atoms with van der Waals surface area (Å²) in [5, 5.41) is 12.1. The predicted molar refractivity (Wildman–Crippen MR) is 94.0 cm³/mol. The van der Waals surface area contributed by atoms with E-state index in [0.717, 1.165) is 24.0 Å². The third-order valence-corrected chi connectivity index (χ3v) is 5.06. The SMILES string of the molecule is CCCCCCCCCSc1cc(CC)c([O])c(CC)c1. The van der Waals surface area contributed by atoms with Crippen LogP contribution in [0.2, 0.25) is 0 Å². The van der Waals surface area contributed by atoms with Crippen LogP contribution in [-0.4, -0.2) is 5.75 Å². The number of hydrogen-bond donors (Lipinski definition) is 0. The van der Waals surface area contributed by atoms with E-state index < -0.39 is 0 Å². The molecular formula is C19H31OS. The van der Waals surface area contributed by atoms with Crippen LogP contribution in [0.4, 0.5) is 0 Å². The second-order valence-electron chi connectivity index (χ2n) is 5.75. The second kappa shape index (κ2) is 11.0. The predicted octanol–water partition coefficient (Wildman–Crippen LogP) is 6.80. The van der Waals surface area contributed by atoms with Gasteiger partial charge in [0.1, 0.15) is 0 Å². The largest absolute Gasteiger partial charge is 0.289 e. The van der Waals surface area contributed by atoms with E-state index in [-0.39, 0.29) is 5.75 Å². The van der Waals surface area contributed by atoms with Gasteiger partial charge < -0.3 is 0 Å². The summed E-state index contributed by atoms with van der Waals surface area (Å²) in [4.78, 5) is 1.29. The molecule has 0 N–H and O–H groups in total. The lowest BCUT2D eigenvalue weighted by molar-refractivity contribution is 0.345. The fraction of sp³-hybridized carbons (Fsp3) is 0.684. The fourth-order valence-electron chi connectivity index (χ4n) is 2.58. The van der Waals surface area contributed by atoms with Crippen LogP contribution < -0.4 is 0 Å². The molecule has 1 aromatic carbocycles. The summed E-state index contributed by atoms with van der Waals surface area (Å²) >= 11 is 1.92. The third-order valence-electron chi connectivity index (χ3n) is 3.99. The number of rotatable bonds is 11. The van der Waals surface area contributed by atoms with Crippen molar-refractivity contribution in [3.63, 3.8) is 0 Å². The summed E-state index contributed by atoms with van der Waals surface area (Å²) in [6, 6.07) is 4.21. The van der Waals surface area contributed by atoms with Crippen molar-refractivity contribution in [2.75, 3.05) is 5.75 Å². The Balaban J connectivity index is 2.32. The van der Waals surface area contributed by atoms with Gasteiger partial charge in [-0.2, -0.15) is 0 Å². The molecule has 1 aromatic rings. The van der Waals surface area contributed by atoms with E-state index in [1.165, 1.54) is 55.6 Å². The molecule has 2 heteroatoms. The molecule has 0 atom stereocenters. The van der Waals surface area contributed by atoms with Gasteiger partial charge >= 0.3 is 0 Å². The van der Waals surface area contributed by atoms with Crippen LogP contribution in [0.15, 0.2) is 17.0 Å². The summed E-state index contributed by atoms with van der Waals surface area (Å²) < 4.78 is 0. The molecule has 0 unspecified atom stereocenters. The van der Waals surface area contributed by atoms with E-state index >= 15 is 0 Å². The summed E-state index contributed by atoms with van der Waals surface area (Å²) in [5.74, 6) is 1.44. The van der Waals surface area contributed by atoms with E-state index in [4.69, 9.17) is 0 Å². The van der Waals surface area contributed by atoms with E-state index in [0.29, 0.717) is 0 Å². The Bertz CT molecular complexity index is 376. The Kier molecular flexibility index (Phi) is 9.65. The molecule has 0 amide bonds. The molecule has 0 aliphatic heterocycles. The number of thioether (sulfide) groups is 1. The van der Waals surface area contributed by atoms with Crippen LogP contribution in [0.5, 0.6) is 5.75 Å². The summed E-state index contributed by atoms with van der Waals surface area (Å²) in [6.07, 6.45) is 11.2. The molecule has 0 saturated carbocycles. The summed E-state index contributed by atoms with van der Waals surface area (Å²) in [7, 11) is 0. The van der Waals surface area contributed by atoms with Gasteiger partial charge in [-0.1, -0.05) is 59.3 Å². The Morgan fingerprint density at radius 2 is 1.33 bits per heavy atom. The van der Waals surface area contributed by atoms with Gasteiger partial charge in [-0.3, -0.25) is 5.11 Å². The van der Waals surface area contributed by atoms with Gasteiger partial charge in [0.15, 0.2) is 5.75 Å². The first kappa shape index (κ1) is 18.4. The fourth-order valence-corrected chi connectivity index (χ4v) is 3.62. The van der Waals surface area contributed by atoms with Gasteiger partial charge in [0.2, 0.25) is 0 Å². The molecule has 1 radical (unpaired) electrons. The van der Waals surface area contributed by atoms with Gasteiger partial charge in [0.05, 0.1) is 0 Å². The van der Waals surface area contributed by atoms with Gasteiger partial charge in [0, 0.05) is 16.0 Å². The molecule has 0 spiro atoms. The Morgan fingerprint density at radius 1 is 0.810 bits per heavy atom. The van der Waals surface area contributed by atoms with Crippen molar-refractivity contribution >= 4 is 11.8 Å². The lowest BCUT2D eigenvalue weighted by Crippen LogP contribution is -1.90. The van der Waals surface area contributed by atoms with E-state index in [2.05, 4.69) is 32.9 Å². The molecule has 0 aliphatic rings. The van der Waals surface area contributed by atoms with E-state index in [9.17, 15) is 5.11 Å². The molecule has 0 saturated heterocycles. The van der Waals surface area contributed by atoms with Crippen molar-refractivity contribution in [1.82, 2.24) is 0 Å². The molecule has 1 rings (SSSR count). The van der Waals surface area contributed by atoms with E-state index in [1.807, 2.05) is 11.8 Å². The van der Waals surface area contributed by atoms with Crippen LogP contribution in [0, 0.1) is 0 Å². The monoisotopic (exact) mass is 307 g/mol. The highest BCUT2D eigenvalue weighted by Gasteiger charge is 2.09. The summed E-state index contributed by atoms with van der Waals surface area (Å²) in [5.41, 5.74) is 1.97. The van der Waals surface area contributed by atoms with Gasteiger partial charge in [-0.15, -0.1) is 11.8 Å². The summed E-state index contributed by atoms with van der Waals surface area (Å²) in [6.45, 7) is 6.40. The molecule has 119 valence electrons. The van der Waals surface area contributed by atoms with Crippen molar-refractivity contribution in [1.29, 1.82) is 0 Å². The molecule has 0 aliphatic carbocycles. The highest BCUT2D eigenvalue weighted by Crippen LogP contribution is 2.31. The second-order valence-corrected chi connectivity index (χ2v) is 6.92. The smallest absolute Gasteiger partial charge is 0.185 e. The standard InChI is InChI=1S/C19H31OS/c1-4-7-8-9-10-11-12-13-21-18-14-16(5-2)19(20)17(6-3)15-18/h14-15H,4-13H2,1-3H3. The van der Waals surface area contributed by atoms with Gasteiger partial charge in [-0.25, -0.2) is 0 Å². The molecule has 1 nitrogen and oxygen atoms in total. The zero-order chi connectivity index (χ0) is 15.5. The van der Waals surface area contributed by atoms with Crippen LogP contribution in [0.1, 0.15) is 76.8 Å². The van der Waals surface area contributed by atoms with Crippen LogP contribution in [-0.2, 0) is 17.9 Å². The highest BCUT2D eigenvalue weighted by molar-refractivity contribution is 7.99. The topological polar surface area (TPSA) is 19.9 Å². The quantitative estimate of drug-likeness (QED) is 0.325. The first-order chi connectivity index (χ1) is 10.2. The molecule has 0 aromatic heterocycles. The lowest BCUT2D eigenvalue weighted by Gasteiger charge is -2.09. The zero-order valence-electron chi connectivity index (χ0n) is 14.0. The average molecular weight is 308 g/mol. The molecular weight excluding hydrogens is 276 g/mol. The minimum absolute atomic E-state index is 0.264. The number of aryl methyl sites for hydroxylation is 2. The Hall–Kier alpha value is -0.630. The molecule has 0 fully saturated rings. The van der Waals surface area contributed by atoms with Crippen LogP contribution in [0.25, 0.3) is 0 Å². The maximum absolute atomic E-state index is 12.1. The Morgan fingerprint density at radius 3 is 1.86 bits per heavy atom. The van der Waals surface area contributed by atoms with E-state index in [1.54, 1.807) is 0 Å². The minimum Gasteiger partial charge on any atom is -0.289 e. The number of unbranched alkanes of at least 4 members (excludes halogenated alkanes) is 6. The lowest BCUT2D eigenvalue weighted by atomic mass is 10.1. The average Bonchev–Trinajstić information content (AvgIpc) is 2.51. The number of benzene rings is 1.